The Hall–Kier alpha value is -3.29. The minimum Gasteiger partial charge on any atom is -0.336 e. The molecule has 4 aromatic rings. The summed E-state index contributed by atoms with van der Waals surface area (Å²) in [5.41, 5.74) is 6.18. The molecule has 180 valence electrons. The quantitative estimate of drug-likeness (QED) is 0.377. The average Bonchev–Trinajstić information content (AvgIpc) is 3.49. The number of amides is 1. The standard InChI is InChI=1S/C28H31N5OS/c1-31(18-26-29-24(19-35-26)21-12-8-5-9-13-21)22-14-15-25-23(16-22)27(30-33(25)3)28(34)32(2)17-20-10-6-4-7-11-20/h4-13,19,22H,14-18H2,1-3H3. The van der Waals surface area contributed by atoms with Crippen molar-refractivity contribution in [3.05, 3.63) is 93.6 Å². The molecule has 0 N–H and O–H groups in total. The Morgan fingerprint density at radius 2 is 1.77 bits per heavy atom. The molecule has 1 aliphatic carbocycles. The molecule has 0 spiro atoms. The fourth-order valence-corrected chi connectivity index (χ4v) is 5.76. The van der Waals surface area contributed by atoms with Crippen LogP contribution in [0, 0.1) is 0 Å². The van der Waals surface area contributed by atoms with Gasteiger partial charge in [-0.25, -0.2) is 4.98 Å². The summed E-state index contributed by atoms with van der Waals surface area (Å²) in [7, 11) is 5.98. The van der Waals surface area contributed by atoms with E-state index in [1.54, 1.807) is 16.2 Å². The molecule has 1 unspecified atom stereocenters. The zero-order valence-electron chi connectivity index (χ0n) is 20.5. The van der Waals surface area contributed by atoms with Gasteiger partial charge < -0.3 is 4.90 Å². The van der Waals surface area contributed by atoms with Gasteiger partial charge in [-0.1, -0.05) is 60.7 Å². The molecule has 35 heavy (non-hydrogen) atoms. The second-order valence-electron chi connectivity index (χ2n) is 9.35. The molecule has 1 amide bonds. The molecule has 2 aromatic carbocycles. The lowest BCUT2D eigenvalue weighted by atomic mass is 9.90. The molecule has 0 saturated carbocycles. The first-order valence-corrected chi connectivity index (χ1v) is 12.9. The van der Waals surface area contributed by atoms with Gasteiger partial charge in [0.1, 0.15) is 5.01 Å². The summed E-state index contributed by atoms with van der Waals surface area (Å²) in [5.74, 6) is -0.0126. The monoisotopic (exact) mass is 485 g/mol. The van der Waals surface area contributed by atoms with Crippen LogP contribution < -0.4 is 0 Å². The van der Waals surface area contributed by atoms with E-state index in [0.717, 1.165) is 53.2 Å². The Bertz CT molecular complexity index is 1300. The number of likely N-dealkylation sites (N-methyl/N-ethyl adjacent to an activating group) is 1. The maximum absolute atomic E-state index is 13.4. The van der Waals surface area contributed by atoms with E-state index in [1.807, 2.05) is 67.3 Å². The van der Waals surface area contributed by atoms with E-state index >= 15 is 0 Å². The van der Waals surface area contributed by atoms with E-state index in [2.05, 4.69) is 34.6 Å². The number of fused-ring (bicyclic) bond motifs is 1. The number of thiazole rings is 1. The predicted molar refractivity (Wildman–Crippen MR) is 140 cm³/mol. The van der Waals surface area contributed by atoms with E-state index in [4.69, 9.17) is 4.98 Å². The van der Waals surface area contributed by atoms with Crippen LogP contribution in [0.1, 0.15) is 38.7 Å². The molecule has 6 nitrogen and oxygen atoms in total. The van der Waals surface area contributed by atoms with Crippen molar-refractivity contribution >= 4 is 17.2 Å². The molecule has 5 rings (SSSR count). The second kappa shape index (κ2) is 10.1. The van der Waals surface area contributed by atoms with Crippen LogP contribution in [0.2, 0.25) is 0 Å². The molecule has 1 atom stereocenters. The third-order valence-corrected chi connectivity index (χ3v) is 7.70. The molecule has 2 aromatic heterocycles. The lowest BCUT2D eigenvalue weighted by molar-refractivity contribution is 0.0776. The van der Waals surface area contributed by atoms with Crippen LogP contribution in [0.5, 0.6) is 0 Å². The van der Waals surface area contributed by atoms with Gasteiger partial charge in [0, 0.05) is 48.9 Å². The largest absolute Gasteiger partial charge is 0.336 e. The maximum atomic E-state index is 13.4. The Labute approximate surface area is 210 Å². The molecule has 0 bridgehead atoms. The average molecular weight is 486 g/mol. The lowest BCUT2D eigenvalue weighted by Gasteiger charge is -2.31. The van der Waals surface area contributed by atoms with E-state index in [0.29, 0.717) is 18.3 Å². The van der Waals surface area contributed by atoms with E-state index in [9.17, 15) is 4.79 Å². The van der Waals surface area contributed by atoms with Crippen molar-refractivity contribution in [2.75, 3.05) is 14.1 Å². The molecule has 0 aliphatic heterocycles. The first kappa shape index (κ1) is 23.5. The van der Waals surface area contributed by atoms with Gasteiger partial charge in [-0.15, -0.1) is 11.3 Å². The third-order valence-electron chi connectivity index (χ3n) is 6.87. The minimum absolute atomic E-state index is 0.0126. The molecule has 0 fully saturated rings. The summed E-state index contributed by atoms with van der Waals surface area (Å²) >= 11 is 1.71. The van der Waals surface area contributed by atoms with Crippen LogP contribution in [0.15, 0.2) is 66.0 Å². The first-order valence-electron chi connectivity index (χ1n) is 12.0. The summed E-state index contributed by atoms with van der Waals surface area (Å²) in [5, 5.41) is 7.92. The Kier molecular flexibility index (Phi) is 6.79. The second-order valence-corrected chi connectivity index (χ2v) is 10.3. The zero-order valence-corrected chi connectivity index (χ0v) is 21.3. The van der Waals surface area contributed by atoms with Crippen molar-refractivity contribution in [3.8, 4) is 11.3 Å². The smallest absolute Gasteiger partial charge is 0.274 e. The number of rotatable bonds is 7. The summed E-state index contributed by atoms with van der Waals surface area (Å²) in [6.45, 7) is 1.37. The number of benzene rings is 2. The summed E-state index contributed by atoms with van der Waals surface area (Å²) < 4.78 is 1.90. The van der Waals surface area contributed by atoms with E-state index < -0.39 is 0 Å². The van der Waals surface area contributed by atoms with Crippen LogP contribution >= 0.6 is 11.3 Å². The van der Waals surface area contributed by atoms with Gasteiger partial charge >= 0.3 is 0 Å². The van der Waals surface area contributed by atoms with Crippen molar-refractivity contribution in [2.45, 2.75) is 38.4 Å². The van der Waals surface area contributed by atoms with Crippen molar-refractivity contribution in [1.29, 1.82) is 0 Å². The molecule has 1 aliphatic rings. The number of aromatic nitrogens is 3. The van der Waals surface area contributed by atoms with Gasteiger partial charge in [-0.05, 0) is 31.9 Å². The van der Waals surface area contributed by atoms with Crippen LogP contribution in [-0.2, 0) is 33.0 Å². The fraction of sp³-hybridized carbons (Fsp3) is 0.321. The lowest BCUT2D eigenvalue weighted by Crippen LogP contribution is -2.37. The fourth-order valence-electron chi connectivity index (χ4n) is 4.90. The van der Waals surface area contributed by atoms with Gasteiger partial charge in [0.05, 0.1) is 12.2 Å². The SMILES string of the molecule is CN(Cc1ccccc1)C(=O)c1nn(C)c2c1CC(N(C)Cc1nc(-c3ccccc3)cs1)CC2. The number of carbonyl (C=O) groups is 1. The van der Waals surface area contributed by atoms with Gasteiger partial charge in [-0.3, -0.25) is 14.4 Å². The van der Waals surface area contributed by atoms with Crippen LogP contribution in [0.4, 0.5) is 0 Å². The molecule has 0 saturated heterocycles. The Morgan fingerprint density at radius 3 is 2.51 bits per heavy atom. The summed E-state index contributed by atoms with van der Waals surface area (Å²) in [6.07, 6.45) is 2.81. The van der Waals surface area contributed by atoms with Crippen molar-refractivity contribution in [3.63, 3.8) is 0 Å². The number of nitrogens with zero attached hydrogens (tertiary/aromatic N) is 5. The third kappa shape index (κ3) is 5.06. The predicted octanol–water partition coefficient (Wildman–Crippen LogP) is 4.81. The number of hydrogen-bond donors (Lipinski definition) is 0. The van der Waals surface area contributed by atoms with Crippen LogP contribution in [0.25, 0.3) is 11.3 Å². The van der Waals surface area contributed by atoms with Crippen molar-refractivity contribution < 1.29 is 4.79 Å². The molecule has 2 heterocycles. The van der Waals surface area contributed by atoms with E-state index in [-0.39, 0.29) is 5.91 Å². The molecular formula is C28H31N5OS. The summed E-state index contributed by atoms with van der Waals surface area (Å²) in [4.78, 5) is 22.4. The van der Waals surface area contributed by atoms with E-state index in [1.165, 1.54) is 5.69 Å². The minimum atomic E-state index is -0.0126. The highest BCUT2D eigenvalue weighted by atomic mass is 32.1. The first-order chi connectivity index (χ1) is 17.0. The molecular weight excluding hydrogens is 454 g/mol. The molecule has 0 radical (unpaired) electrons. The summed E-state index contributed by atoms with van der Waals surface area (Å²) in [6, 6.07) is 20.8. The number of carbonyl (C=O) groups excluding carboxylic acids is 1. The highest BCUT2D eigenvalue weighted by Gasteiger charge is 2.31. The Balaban J connectivity index is 1.28. The van der Waals surface area contributed by atoms with Crippen molar-refractivity contribution in [2.24, 2.45) is 7.05 Å². The zero-order chi connectivity index (χ0) is 24.4. The number of hydrogen-bond acceptors (Lipinski definition) is 5. The van der Waals surface area contributed by atoms with Crippen LogP contribution in [-0.4, -0.2) is 50.6 Å². The normalized spacial score (nSPS) is 15.3. The highest BCUT2D eigenvalue weighted by Crippen LogP contribution is 2.29. The van der Waals surface area contributed by atoms with Gasteiger partial charge in [0.15, 0.2) is 5.69 Å². The van der Waals surface area contributed by atoms with Crippen molar-refractivity contribution in [1.82, 2.24) is 24.6 Å². The van der Waals surface area contributed by atoms with Gasteiger partial charge in [0.2, 0.25) is 0 Å². The molecule has 7 heteroatoms. The maximum Gasteiger partial charge on any atom is 0.274 e. The Morgan fingerprint density at radius 1 is 1.06 bits per heavy atom. The topological polar surface area (TPSA) is 54.3 Å². The van der Waals surface area contributed by atoms with Gasteiger partial charge in [0.25, 0.3) is 5.91 Å². The number of aryl methyl sites for hydroxylation is 1. The van der Waals surface area contributed by atoms with Crippen LogP contribution in [0.3, 0.4) is 0 Å². The van der Waals surface area contributed by atoms with Gasteiger partial charge in [-0.2, -0.15) is 5.10 Å². The highest BCUT2D eigenvalue weighted by molar-refractivity contribution is 7.09.